The molecule has 2 aromatic carbocycles. The molecule has 0 radical (unpaired) electrons. The molecule has 3 heteroatoms. The van der Waals surface area contributed by atoms with Crippen molar-refractivity contribution in [3.8, 4) is 17.2 Å². The summed E-state index contributed by atoms with van der Waals surface area (Å²) in [6.07, 6.45) is 0. The Bertz CT molecular complexity index is 555. The normalized spacial score (nSPS) is 9.81. The molecule has 0 unspecified atom stereocenters. The van der Waals surface area contributed by atoms with Crippen molar-refractivity contribution >= 4 is 27.5 Å². The fourth-order valence-electron chi connectivity index (χ4n) is 1.45. The van der Waals surface area contributed by atoms with E-state index in [2.05, 4.69) is 22.0 Å². The number of nitriles is 1. The molecule has 0 aliphatic heterocycles. The minimum Gasteiger partial charge on any atom is -0.192 e. The smallest absolute Gasteiger partial charge is 0.0991 e. The number of hydrogen-bond donors (Lipinski definition) is 0. The molecule has 0 atom stereocenters. The SMILES string of the molecule is N#Cc1ccc(-c2ccc(Br)cc2Cl)cc1. The van der Waals surface area contributed by atoms with Crippen LogP contribution in [0.15, 0.2) is 46.9 Å². The van der Waals surface area contributed by atoms with Crippen LogP contribution in [0.5, 0.6) is 0 Å². The third-order valence-corrected chi connectivity index (χ3v) is 3.06. The van der Waals surface area contributed by atoms with Crippen molar-refractivity contribution in [2.24, 2.45) is 0 Å². The lowest BCUT2D eigenvalue weighted by Gasteiger charge is -2.04. The van der Waals surface area contributed by atoms with Gasteiger partial charge in [0.1, 0.15) is 0 Å². The predicted molar refractivity (Wildman–Crippen MR) is 69.3 cm³/mol. The monoisotopic (exact) mass is 291 g/mol. The van der Waals surface area contributed by atoms with Gasteiger partial charge >= 0.3 is 0 Å². The molecule has 0 spiro atoms. The van der Waals surface area contributed by atoms with Gasteiger partial charge in [0, 0.05) is 15.1 Å². The molecule has 0 aromatic heterocycles. The van der Waals surface area contributed by atoms with Crippen LogP contribution in [0.4, 0.5) is 0 Å². The first kappa shape index (κ1) is 11.2. The summed E-state index contributed by atoms with van der Waals surface area (Å²) in [5.74, 6) is 0. The molecule has 0 fully saturated rings. The molecule has 0 bridgehead atoms. The van der Waals surface area contributed by atoms with Gasteiger partial charge in [0.05, 0.1) is 11.6 Å². The van der Waals surface area contributed by atoms with Crippen LogP contribution in [0.2, 0.25) is 5.02 Å². The highest BCUT2D eigenvalue weighted by atomic mass is 79.9. The Kier molecular flexibility index (Phi) is 3.28. The lowest BCUT2D eigenvalue weighted by Crippen LogP contribution is -1.80. The minimum atomic E-state index is 0.650. The van der Waals surface area contributed by atoms with Crippen molar-refractivity contribution in [3.05, 3.63) is 57.5 Å². The molecule has 2 rings (SSSR count). The Balaban J connectivity index is 2.47. The summed E-state index contributed by atoms with van der Waals surface area (Å²) in [6, 6.07) is 15.2. The second kappa shape index (κ2) is 4.69. The van der Waals surface area contributed by atoms with Crippen molar-refractivity contribution < 1.29 is 0 Å². The number of nitrogens with zero attached hydrogens (tertiary/aromatic N) is 1. The molecule has 0 aliphatic carbocycles. The quantitative estimate of drug-likeness (QED) is 0.751. The Morgan fingerprint density at radius 1 is 1.06 bits per heavy atom. The summed E-state index contributed by atoms with van der Waals surface area (Å²) in [5, 5.41) is 9.40. The highest BCUT2D eigenvalue weighted by molar-refractivity contribution is 9.10. The third-order valence-electron chi connectivity index (χ3n) is 2.26. The fraction of sp³-hybridized carbons (Fsp3) is 0. The van der Waals surface area contributed by atoms with Crippen LogP contribution in [0.3, 0.4) is 0 Å². The molecular formula is C13H7BrClN. The van der Waals surface area contributed by atoms with Crippen LogP contribution in [-0.2, 0) is 0 Å². The van der Waals surface area contributed by atoms with Gasteiger partial charge in [-0.2, -0.15) is 5.26 Å². The maximum Gasteiger partial charge on any atom is 0.0991 e. The van der Waals surface area contributed by atoms with Crippen molar-refractivity contribution in [2.75, 3.05) is 0 Å². The zero-order valence-electron chi connectivity index (χ0n) is 8.24. The topological polar surface area (TPSA) is 23.8 Å². The number of rotatable bonds is 1. The van der Waals surface area contributed by atoms with E-state index in [4.69, 9.17) is 16.9 Å². The molecule has 0 N–H and O–H groups in total. The van der Waals surface area contributed by atoms with Crippen LogP contribution in [0, 0.1) is 11.3 Å². The number of hydrogen-bond acceptors (Lipinski definition) is 1. The third kappa shape index (κ3) is 2.27. The average molecular weight is 293 g/mol. The van der Waals surface area contributed by atoms with Crippen LogP contribution in [-0.4, -0.2) is 0 Å². The van der Waals surface area contributed by atoms with Crippen molar-refractivity contribution in [1.29, 1.82) is 5.26 Å². The summed E-state index contributed by atoms with van der Waals surface area (Å²) in [5.41, 5.74) is 2.63. The first-order valence-corrected chi connectivity index (χ1v) is 5.83. The van der Waals surface area contributed by atoms with Crippen LogP contribution < -0.4 is 0 Å². The molecule has 0 saturated heterocycles. The summed E-state index contributed by atoms with van der Waals surface area (Å²) in [6.45, 7) is 0. The van der Waals surface area contributed by atoms with Gasteiger partial charge in [-0.3, -0.25) is 0 Å². The van der Waals surface area contributed by atoms with E-state index in [1.165, 1.54) is 0 Å². The summed E-state index contributed by atoms with van der Waals surface area (Å²) in [7, 11) is 0. The summed E-state index contributed by atoms with van der Waals surface area (Å²) < 4.78 is 0.954. The van der Waals surface area contributed by atoms with E-state index in [-0.39, 0.29) is 0 Å². The van der Waals surface area contributed by atoms with Crippen molar-refractivity contribution in [1.82, 2.24) is 0 Å². The molecule has 0 saturated carbocycles. The standard InChI is InChI=1S/C13H7BrClN/c14-11-5-6-12(13(15)7-11)10-3-1-9(8-16)2-4-10/h1-7H. The molecule has 0 amide bonds. The van der Waals surface area contributed by atoms with Gasteiger partial charge in [-0.15, -0.1) is 0 Å². The van der Waals surface area contributed by atoms with E-state index in [9.17, 15) is 0 Å². The zero-order valence-corrected chi connectivity index (χ0v) is 10.6. The average Bonchev–Trinajstić information content (AvgIpc) is 2.29. The van der Waals surface area contributed by atoms with E-state index < -0.39 is 0 Å². The molecule has 0 aliphatic rings. The fourth-order valence-corrected chi connectivity index (χ4v) is 2.23. The van der Waals surface area contributed by atoms with Crippen molar-refractivity contribution in [3.63, 3.8) is 0 Å². The Morgan fingerprint density at radius 2 is 1.75 bits per heavy atom. The molecule has 1 nitrogen and oxygen atoms in total. The van der Waals surface area contributed by atoms with Gasteiger partial charge in [0.25, 0.3) is 0 Å². The molecule has 2 aromatic rings. The van der Waals surface area contributed by atoms with Crippen molar-refractivity contribution in [2.45, 2.75) is 0 Å². The number of halogens is 2. The molecule has 78 valence electrons. The van der Waals surface area contributed by atoms with Gasteiger partial charge in [0.15, 0.2) is 0 Å². The minimum absolute atomic E-state index is 0.650. The summed E-state index contributed by atoms with van der Waals surface area (Å²) in [4.78, 5) is 0. The van der Waals surface area contributed by atoms with Crippen LogP contribution in [0.25, 0.3) is 11.1 Å². The second-order valence-corrected chi connectivity index (χ2v) is 4.64. The second-order valence-electron chi connectivity index (χ2n) is 3.31. The van der Waals surface area contributed by atoms with Gasteiger partial charge in [-0.05, 0) is 29.8 Å². The van der Waals surface area contributed by atoms with E-state index in [1.807, 2.05) is 30.3 Å². The van der Waals surface area contributed by atoms with E-state index >= 15 is 0 Å². The Labute approximate surface area is 107 Å². The first-order chi connectivity index (χ1) is 7.70. The Hall–Kier alpha value is -1.30. The van der Waals surface area contributed by atoms with E-state index in [1.54, 1.807) is 12.1 Å². The maximum atomic E-state index is 8.71. The van der Waals surface area contributed by atoms with Gasteiger partial charge in [-0.1, -0.05) is 45.7 Å². The first-order valence-electron chi connectivity index (χ1n) is 4.66. The van der Waals surface area contributed by atoms with Crippen LogP contribution >= 0.6 is 27.5 Å². The maximum absolute atomic E-state index is 8.71. The lowest BCUT2D eigenvalue weighted by molar-refractivity contribution is 1.48. The highest BCUT2D eigenvalue weighted by Crippen LogP contribution is 2.30. The molecule has 0 heterocycles. The molecular weight excluding hydrogens is 286 g/mol. The Morgan fingerprint density at radius 3 is 2.31 bits per heavy atom. The lowest BCUT2D eigenvalue weighted by atomic mass is 10.0. The van der Waals surface area contributed by atoms with Gasteiger partial charge in [0.2, 0.25) is 0 Å². The van der Waals surface area contributed by atoms with E-state index in [0.717, 1.165) is 15.6 Å². The zero-order chi connectivity index (χ0) is 11.5. The summed E-state index contributed by atoms with van der Waals surface area (Å²) >= 11 is 9.51. The van der Waals surface area contributed by atoms with E-state index in [0.29, 0.717) is 10.6 Å². The van der Waals surface area contributed by atoms with Gasteiger partial charge < -0.3 is 0 Å². The highest BCUT2D eigenvalue weighted by Gasteiger charge is 2.03. The largest absolute Gasteiger partial charge is 0.192 e. The molecule has 16 heavy (non-hydrogen) atoms. The predicted octanol–water partition coefficient (Wildman–Crippen LogP) is 4.64. The van der Waals surface area contributed by atoms with Gasteiger partial charge in [-0.25, -0.2) is 0 Å². The van der Waals surface area contributed by atoms with Crippen LogP contribution in [0.1, 0.15) is 5.56 Å². The number of benzene rings is 2.